The third-order valence-corrected chi connectivity index (χ3v) is 4.27. The zero-order valence-corrected chi connectivity index (χ0v) is 15.9. The van der Waals surface area contributed by atoms with Gasteiger partial charge in [-0.3, -0.25) is 4.79 Å². The third-order valence-electron chi connectivity index (χ3n) is 4.27. The molecule has 0 saturated heterocycles. The summed E-state index contributed by atoms with van der Waals surface area (Å²) in [4.78, 5) is 30.3. The van der Waals surface area contributed by atoms with Gasteiger partial charge in [0.2, 0.25) is 0 Å². The van der Waals surface area contributed by atoms with Gasteiger partial charge in [0, 0.05) is 13.6 Å². The van der Waals surface area contributed by atoms with Crippen LogP contribution >= 0.6 is 0 Å². The maximum atomic E-state index is 12.5. The number of esters is 1. The van der Waals surface area contributed by atoms with E-state index in [9.17, 15) is 9.59 Å². The molecule has 0 N–H and O–H groups in total. The monoisotopic (exact) mass is 378 g/mol. The minimum absolute atomic E-state index is 0.250. The Morgan fingerprint density at radius 3 is 2.43 bits per heavy atom. The van der Waals surface area contributed by atoms with Gasteiger partial charge in [-0.1, -0.05) is 42.5 Å². The van der Waals surface area contributed by atoms with E-state index < -0.39 is 12.1 Å². The Kier molecular flexibility index (Phi) is 6.16. The van der Waals surface area contributed by atoms with E-state index in [1.807, 2.05) is 42.5 Å². The second kappa shape index (κ2) is 8.94. The molecule has 0 fully saturated rings. The van der Waals surface area contributed by atoms with Crippen molar-refractivity contribution in [1.82, 2.24) is 19.7 Å². The molecule has 0 aliphatic carbocycles. The Balaban J connectivity index is 1.54. The lowest BCUT2D eigenvalue weighted by atomic mass is 10.1. The highest BCUT2D eigenvalue weighted by molar-refractivity contribution is 5.92. The summed E-state index contributed by atoms with van der Waals surface area (Å²) in [6.07, 6.45) is 2.23. The first kappa shape index (κ1) is 19.3. The van der Waals surface area contributed by atoms with E-state index in [0.29, 0.717) is 18.7 Å². The number of nitrogens with zero attached hydrogens (tertiary/aromatic N) is 4. The van der Waals surface area contributed by atoms with Crippen molar-refractivity contribution in [3.8, 4) is 0 Å². The van der Waals surface area contributed by atoms with Crippen LogP contribution in [0.3, 0.4) is 0 Å². The number of rotatable bonds is 7. The van der Waals surface area contributed by atoms with E-state index in [1.165, 1.54) is 6.33 Å². The van der Waals surface area contributed by atoms with Crippen molar-refractivity contribution in [1.29, 1.82) is 0 Å². The highest BCUT2D eigenvalue weighted by atomic mass is 16.5. The van der Waals surface area contributed by atoms with Crippen LogP contribution in [0, 0.1) is 0 Å². The molecule has 7 nitrogen and oxygen atoms in total. The van der Waals surface area contributed by atoms with Crippen molar-refractivity contribution in [3.05, 3.63) is 83.9 Å². The second-order valence-corrected chi connectivity index (χ2v) is 6.52. The molecule has 3 aromatic rings. The molecular weight excluding hydrogens is 356 g/mol. The van der Waals surface area contributed by atoms with Gasteiger partial charge >= 0.3 is 5.97 Å². The van der Waals surface area contributed by atoms with Crippen LogP contribution in [0.5, 0.6) is 0 Å². The van der Waals surface area contributed by atoms with Gasteiger partial charge in [0.25, 0.3) is 5.91 Å². The van der Waals surface area contributed by atoms with Crippen molar-refractivity contribution >= 4 is 11.9 Å². The minimum Gasteiger partial charge on any atom is -0.449 e. The van der Waals surface area contributed by atoms with Crippen molar-refractivity contribution in [2.24, 2.45) is 0 Å². The van der Waals surface area contributed by atoms with Crippen LogP contribution in [0.25, 0.3) is 0 Å². The number of aromatic nitrogens is 3. The molecule has 0 saturated carbocycles. The van der Waals surface area contributed by atoms with Gasteiger partial charge < -0.3 is 9.64 Å². The van der Waals surface area contributed by atoms with Gasteiger partial charge in [-0.25, -0.2) is 14.5 Å². The van der Waals surface area contributed by atoms with Crippen LogP contribution in [-0.2, 0) is 22.6 Å². The van der Waals surface area contributed by atoms with Crippen LogP contribution < -0.4 is 0 Å². The number of benzene rings is 2. The zero-order chi connectivity index (χ0) is 19.9. The van der Waals surface area contributed by atoms with Gasteiger partial charge in [0.05, 0.1) is 12.1 Å². The first-order valence-corrected chi connectivity index (χ1v) is 8.94. The van der Waals surface area contributed by atoms with E-state index in [4.69, 9.17) is 4.74 Å². The molecule has 1 heterocycles. The molecule has 0 aliphatic heterocycles. The number of carbonyl (C=O) groups is 2. The molecule has 3 rings (SSSR count). The standard InChI is InChI=1S/C21H22N4O3/c1-16(20(26)24(2)12-17-6-4-3-5-7-17)28-21(27)19-10-8-18(9-11-19)13-25-15-22-14-23-25/h3-11,14-16H,12-13H2,1-2H3. The van der Waals surface area contributed by atoms with Crippen LogP contribution in [0.2, 0.25) is 0 Å². The van der Waals surface area contributed by atoms with Gasteiger partial charge in [0.1, 0.15) is 12.7 Å². The molecule has 1 unspecified atom stereocenters. The van der Waals surface area contributed by atoms with Gasteiger partial charge in [-0.15, -0.1) is 0 Å². The molecule has 144 valence electrons. The van der Waals surface area contributed by atoms with Gasteiger partial charge in [-0.05, 0) is 30.2 Å². The zero-order valence-electron chi connectivity index (χ0n) is 15.9. The average molecular weight is 378 g/mol. The van der Waals surface area contributed by atoms with Crippen LogP contribution in [0.4, 0.5) is 0 Å². The minimum atomic E-state index is -0.865. The Morgan fingerprint density at radius 1 is 1.07 bits per heavy atom. The van der Waals surface area contributed by atoms with E-state index in [1.54, 1.807) is 42.0 Å². The second-order valence-electron chi connectivity index (χ2n) is 6.52. The molecule has 1 amide bonds. The summed E-state index contributed by atoms with van der Waals surface area (Å²) in [5.41, 5.74) is 2.39. The van der Waals surface area contributed by atoms with E-state index >= 15 is 0 Å². The number of likely N-dealkylation sites (N-methyl/N-ethyl adjacent to an activating group) is 1. The quantitative estimate of drug-likeness (QED) is 0.591. The first-order chi connectivity index (χ1) is 13.5. The SMILES string of the molecule is CC(OC(=O)c1ccc(Cn2cncn2)cc1)C(=O)N(C)Cc1ccccc1. The van der Waals surface area contributed by atoms with Gasteiger partial charge in [0.15, 0.2) is 6.10 Å². The highest BCUT2D eigenvalue weighted by Crippen LogP contribution is 2.11. The van der Waals surface area contributed by atoms with Crippen molar-refractivity contribution in [2.45, 2.75) is 26.1 Å². The summed E-state index contributed by atoms with van der Waals surface area (Å²) in [5.74, 6) is -0.777. The lowest BCUT2D eigenvalue weighted by molar-refractivity contribution is -0.139. The summed E-state index contributed by atoms with van der Waals surface area (Å²) >= 11 is 0. The fourth-order valence-electron chi connectivity index (χ4n) is 2.77. The Labute approximate surface area is 163 Å². The number of hydrogen-bond acceptors (Lipinski definition) is 5. The number of carbonyl (C=O) groups excluding carboxylic acids is 2. The largest absolute Gasteiger partial charge is 0.449 e. The summed E-state index contributed by atoms with van der Waals surface area (Å²) in [5, 5.41) is 4.05. The maximum absolute atomic E-state index is 12.5. The van der Waals surface area contributed by atoms with Crippen LogP contribution in [0.15, 0.2) is 67.3 Å². The fourth-order valence-corrected chi connectivity index (χ4v) is 2.77. The molecule has 0 bridgehead atoms. The number of amides is 1. The normalized spacial score (nSPS) is 11.6. The molecule has 0 spiro atoms. The topological polar surface area (TPSA) is 77.3 Å². The Bertz CT molecular complexity index is 909. The summed E-state index contributed by atoms with van der Waals surface area (Å²) in [6.45, 7) is 2.61. The van der Waals surface area contributed by atoms with E-state index in [2.05, 4.69) is 10.1 Å². The molecule has 0 radical (unpaired) electrons. The van der Waals surface area contributed by atoms with Crippen LogP contribution in [-0.4, -0.2) is 44.7 Å². The summed E-state index contributed by atoms with van der Waals surface area (Å²) in [6, 6.07) is 16.7. The molecular formula is C21H22N4O3. The Morgan fingerprint density at radius 2 is 1.79 bits per heavy atom. The van der Waals surface area contributed by atoms with E-state index in [0.717, 1.165) is 11.1 Å². The Hall–Kier alpha value is -3.48. The highest BCUT2D eigenvalue weighted by Gasteiger charge is 2.22. The number of hydrogen-bond donors (Lipinski definition) is 0. The molecule has 1 atom stereocenters. The summed E-state index contributed by atoms with van der Waals surface area (Å²) in [7, 11) is 1.69. The van der Waals surface area contributed by atoms with Crippen molar-refractivity contribution in [2.75, 3.05) is 7.05 Å². The molecule has 0 aliphatic rings. The van der Waals surface area contributed by atoms with Crippen molar-refractivity contribution in [3.63, 3.8) is 0 Å². The molecule has 7 heteroatoms. The fraction of sp³-hybridized carbons (Fsp3) is 0.238. The molecule has 2 aromatic carbocycles. The van der Waals surface area contributed by atoms with Crippen molar-refractivity contribution < 1.29 is 14.3 Å². The molecule has 28 heavy (non-hydrogen) atoms. The lowest BCUT2D eigenvalue weighted by Crippen LogP contribution is -2.37. The lowest BCUT2D eigenvalue weighted by Gasteiger charge is -2.21. The van der Waals surface area contributed by atoms with E-state index in [-0.39, 0.29) is 5.91 Å². The van der Waals surface area contributed by atoms with Crippen LogP contribution in [0.1, 0.15) is 28.4 Å². The predicted octanol–water partition coefficient (Wildman–Crippen LogP) is 2.53. The number of ether oxygens (including phenoxy) is 1. The summed E-state index contributed by atoms with van der Waals surface area (Å²) < 4.78 is 7.04. The smallest absolute Gasteiger partial charge is 0.338 e. The third kappa shape index (κ3) is 5.03. The molecule has 1 aromatic heterocycles. The maximum Gasteiger partial charge on any atom is 0.338 e. The average Bonchev–Trinajstić information content (AvgIpc) is 3.21. The predicted molar refractivity (Wildman–Crippen MR) is 103 cm³/mol. The van der Waals surface area contributed by atoms with Gasteiger partial charge in [-0.2, -0.15) is 5.10 Å². The first-order valence-electron chi connectivity index (χ1n) is 8.94.